The van der Waals surface area contributed by atoms with Crippen LogP contribution in [0.1, 0.15) is 22.3 Å². The molecular formula is C17H13NO2S. The average Bonchev–Trinajstić information content (AvgIpc) is 2.93. The summed E-state index contributed by atoms with van der Waals surface area (Å²) in [4.78, 5) is 17.0. The zero-order valence-electron chi connectivity index (χ0n) is 11.3. The van der Waals surface area contributed by atoms with Crippen LogP contribution < -0.4 is 0 Å². The zero-order chi connectivity index (χ0) is 14.2. The van der Waals surface area contributed by atoms with Crippen LogP contribution >= 0.6 is 11.8 Å². The molecule has 0 spiro atoms. The van der Waals surface area contributed by atoms with Gasteiger partial charge in [0, 0.05) is 5.56 Å². The lowest BCUT2D eigenvalue weighted by atomic mass is 9.90. The molecule has 0 N–H and O–H groups in total. The predicted molar refractivity (Wildman–Crippen MR) is 82.7 cm³/mol. The van der Waals surface area contributed by atoms with Crippen molar-refractivity contribution >= 4 is 28.6 Å². The Balaban J connectivity index is 1.62. The lowest BCUT2D eigenvalue weighted by Gasteiger charge is -2.21. The topological polar surface area (TPSA) is 43.1 Å². The monoisotopic (exact) mass is 295 g/mol. The number of Topliss-reactive ketones (excluding diaryl/α,β-unsaturated/α-hetero) is 1. The number of hydrogen-bond acceptors (Lipinski definition) is 4. The quantitative estimate of drug-likeness (QED) is 0.713. The zero-order valence-corrected chi connectivity index (χ0v) is 12.1. The molecule has 104 valence electrons. The van der Waals surface area contributed by atoms with Crippen molar-refractivity contribution in [3.05, 3.63) is 59.7 Å². The summed E-state index contributed by atoms with van der Waals surface area (Å²) in [6, 6.07) is 15.5. The Morgan fingerprint density at radius 2 is 1.90 bits per heavy atom. The molecule has 1 atom stereocenters. The Kier molecular flexibility index (Phi) is 3.04. The lowest BCUT2D eigenvalue weighted by molar-refractivity contribution is 0.0979. The van der Waals surface area contributed by atoms with E-state index in [2.05, 4.69) is 4.98 Å². The minimum atomic E-state index is -0.104. The summed E-state index contributed by atoms with van der Waals surface area (Å²) in [6.07, 6.45) is 1.76. The van der Waals surface area contributed by atoms with E-state index in [1.165, 1.54) is 11.8 Å². The Labute approximate surface area is 126 Å². The highest BCUT2D eigenvalue weighted by Crippen LogP contribution is 2.34. The Morgan fingerprint density at radius 3 is 2.81 bits per heavy atom. The molecule has 0 amide bonds. The van der Waals surface area contributed by atoms with E-state index in [1.807, 2.05) is 48.5 Å². The number of carbonyl (C=O) groups is 1. The molecule has 21 heavy (non-hydrogen) atoms. The maximum atomic E-state index is 12.5. The minimum absolute atomic E-state index is 0.104. The van der Waals surface area contributed by atoms with Crippen molar-refractivity contribution < 1.29 is 9.21 Å². The summed E-state index contributed by atoms with van der Waals surface area (Å²) < 4.78 is 5.71. The van der Waals surface area contributed by atoms with Crippen molar-refractivity contribution in [2.45, 2.75) is 23.3 Å². The highest BCUT2D eigenvalue weighted by molar-refractivity contribution is 8.00. The first-order valence-corrected chi connectivity index (χ1v) is 7.83. The number of fused-ring (bicyclic) bond motifs is 2. The van der Waals surface area contributed by atoms with Gasteiger partial charge in [0.1, 0.15) is 5.52 Å². The molecule has 1 aliphatic carbocycles. The van der Waals surface area contributed by atoms with E-state index in [1.54, 1.807) is 0 Å². The Hall–Kier alpha value is -2.07. The predicted octanol–water partition coefficient (Wildman–Crippen LogP) is 4.12. The van der Waals surface area contributed by atoms with Gasteiger partial charge in [-0.1, -0.05) is 48.2 Å². The van der Waals surface area contributed by atoms with Crippen LogP contribution in [0.15, 0.2) is 58.2 Å². The molecule has 1 heterocycles. The van der Waals surface area contributed by atoms with Crippen LogP contribution in [0.2, 0.25) is 0 Å². The van der Waals surface area contributed by atoms with E-state index in [9.17, 15) is 4.79 Å². The third-order valence-electron chi connectivity index (χ3n) is 3.77. The number of para-hydroxylation sites is 2. The molecule has 1 aliphatic rings. The van der Waals surface area contributed by atoms with Crippen molar-refractivity contribution in [2.24, 2.45) is 0 Å². The molecule has 0 saturated heterocycles. The standard InChI is InChI=1S/C17H13NO2S/c19-16-12-6-2-1-5-11(12)9-10-15(16)21-17-18-13-7-3-4-8-14(13)20-17/h1-8,15H,9-10H2/t15-/m1/s1. The second kappa shape index (κ2) is 5.04. The summed E-state index contributed by atoms with van der Waals surface area (Å²) in [5.74, 6) is 0.184. The van der Waals surface area contributed by atoms with Gasteiger partial charge < -0.3 is 4.42 Å². The summed E-state index contributed by atoms with van der Waals surface area (Å²) in [7, 11) is 0. The fourth-order valence-electron chi connectivity index (χ4n) is 2.71. The molecule has 0 bridgehead atoms. The van der Waals surface area contributed by atoms with Gasteiger partial charge in [-0.2, -0.15) is 0 Å². The minimum Gasteiger partial charge on any atom is -0.431 e. The van der Waals surface area contributed by atoms with Gasteiger partial charge in [0.2, 0.25) is 0 Å². The third-order valence-corrected chi connectivity index (χ3v) is 4.88. The smallest absolute Gasteiger partial charge is 0.257 e. The van der Waals surface area contributed by atoms with Gasteiger partial charge in [-0.3, -0.25) is 4.79 Å². The van der Waals surface area contributed by atoms with Gasteiger partial charge >= 0.3 is 0 Å². The summed E-state index contributed by atoms with van der Waals surface area (Å²) in [5.41, 5.74) is 3.60. The molecular weight excluding hydrogens is 282 g/mol. The van der Waals surface area contributed by atoms with Crippen LogP contribution in [0.3, 0.4) is 0 Å². The largest absolute Gasteiger partial charge is 0.431 e. The molecule has 0 aliphatic heterocycles. The summed E-state index contributed by atoms with van der Waals surface area (Å²) in [6.45, 7) is 0. The number of thioether (sulfide) groups is 1. The molecule has 4 rings (SSSR count). The van der Waals surface area contributed by atoms with E-state index >= 15 is 0 Å². The maximum Gasteiger partial charge on any atom is 0.257 e. The molecule has 0 unspecified atom stereocenters. The number of nitrogens with zero attached hydrogens (tertiary/aromatic N) is 1. The number of oxazole rings is 1. The highest BCUT2D eigenvalue weighted by atomic mass is 32.2. The van der Waals surface area contributed by atoms with E-state index < -0.39 is 0 Å². The first-order chi connectivity index (χ1) is 10.3. The van der Waals surface area contributed by atoms with Gasteiger partial charge in [-0.05, 0) is 30.5 Å². The molecule has 3 aromatic rings. The van der Waals surface area contributed by atoms with E-state index in [4.69, 9.17) is 4.42 Å². The Morgan fingerprint density at radius 1 is 1.10 bits per heavy atom. The van der Waals surface area contributed by atoms with Crippen LogP contribution in [0.25, 0.3) is 11.1 Å². The average molecular weight is 295 g/mol. The van der Waals surface area contributed by atoms with Gasteiger partial charge in [0.15, 0.2) is 11.4 Å². The van der Waals surface area contributed by atoms with Gasteiger partial charge in [-0.15, -0.1) is 0 Å². The van der Waals surface area contributed by atoms with Crippen LogP contribution in [0.4, 0.5) is 0 Å². The fourth-order valence-corrected chi connectivity index (χ4v) is 3.71. The number of aryl methyl sites for hydroxylation is 1. The van der Waals surface area contributed by atoms with Crippen LogP contribution in [-0.4, -0.2) is 16.0 Å². The summed E-state index contributed by atoms with van der Waals surface area (Å²) in [5, 5.41) is 0.474. The maximum absolute atomic E-state index is 12.5. The van der Waals surface area contributed by atoms with Crippen LogP contribution in [0.5, 0.6) is 0 Å². The van der Waals surface area contributed by atoms with E-state index in [-0.39, 0.29) is 11.0 Å². The number of rotatable bonds is 2. The first kappa shape index (κ1) is 12.7. The van der Waals surface area contributed by atoms with E-state index in [0.29, 0.717) is 5.22 Å². The van der Waals surface area contributed by atoms with Gasteiger partial charge in [-0.25, -0.2) is 4.98 Å². The van der Waals surface area contributed by atoms with Crippen molar-refractivity contribution in [3.63, 3.8) is 0 Å². The molecule has 0 fully saturated rings. The van der Waals surface area contributed by atoms with Crippen molar-refractivity contribution in [3.8, 4) is 0 Å². The molecule has 4 heteroatoms. The molecule has 0 radical (unpaired) electrons. The molecule has 2 aromatic carbocycles. The number of benzene rings is 2. The second-order valence-electron chi connectivity index (χ2n) is 5.11. The second-order valence-corrected chi connectivity index (χ2v) is 6.27. The normalized spacial score (nSPS) is 17.9. The van der Waals surface area contributed by atoms with Crippen LogP contribution in [0, 0.1) is 0 Å². The van der Waals surface area contributed by atoms with E-state index in [0.717, 1.165) is 35.1 Å². The number of aromatic nitrogens is 1. The summed E-state index contributed by atoms with van der Waals surface area (Å²) >= 11 is 1.43. The molecule has 0 saturated carbocycles. The van der Waals surface area contributed by atoms with Gasteiger partial charge in [0.25, 0.3) is 5.22 Å². The van der Waals surface area contributed by atoms with Crippen molar-refractivity contribution in [1.29, 1.82) is 0 Å². The SMILES string of the molecule is O=C1c2ccccc2CC[C@H]1Sc1nc2ccccc2o1. The fraction of sp³-hybridized carbons (Fsp3) is 0.176. The number of ketones is 1. The highest BCUT2D eigenvalue weighted by Gasteiger charge is 2.29. The molecule has 3 nitrogen and oxygen atoms in total. The third kappa shape index (κ3) is 2.25. The van der Waals surface area contributed by atoms with Crippen LogP contribution in [-0.2, 0) is 6.42 Å². The number of carbonyl (C=O) groups excluding carboxylic acids is 1. The lowest BCUT2D eigenvalue weighted by Crippen LogP contribution is -2.24. The Bertz CT molecular complexity index is 791. The first-order valence-electron chi connectivity index (χ1n) is 6.95. The molecule has 1 aromatic heterocycles. The number of hydrogen-bond donors (Lipinski definition) is 0. The van der Waals surface area contributed by atoms with Crippen molar-refractivity contribution in [1.82, 2.24) is 4.98 Å². The van der Waals surface area contributed by atoms with Crippen molar-refractivity contribution in [2.75, 3.05) is 0 Å². The van der Waals surface area contributed by atoms with Gasteiger partial charge in [0.05, 0.1) is 5.25 Å².